The number of para-hydroxylation sites is 2. The number of benzene rings is 2. The molecule has 0 radical (unpaired) electrons. The van der Waals surface area contributed by atoms with Crippen LogP contribution in [0, 0.1) is 13.7 Å². The zero-order valence-corrected chi connectivity index (χ0v) is 19.6. The molecule has 0 saturated carbocycles. The Morgan fingerprint density at radius 1 is 1.04 bits per heavy atom. The second kappa shape index (κ2) is 10.5. The van der Waals surface area contributed by atoms with Crippen LogP contribution in [0.4, 0.5) is 5.69 Å². The third-order valence-corrected chi connectivity index (χ3v) is 3.77. The van der Waals surface area contributed by atoms with Crippen molar-refractivity contribution in [3.8, 4) is 17.1 Å². The summed E-state index contributed by atoms with van der Waals surface area (Å²) in [5.74, 6) is 1.81. The molecule has 1 aromatic heterocycles. The number of furan rings is 1. The molecule has 0 unspecified atom stereocenters. The number of aromatic hydroxyl groups is 1. The van der Waals surface area contributed by atoms with E-state index < -0.39 is 18.2 Å². The van der Waals surface area contributed by atoms with Crippen LogP contribution in [0.5, 0.6) is 5.75 Å². The first-order valence-electron chi connectivity index (χ1n) is 7.57. The summed E-state index contributed by atoms with van der Waals surface area (Å²) in [5.41, 5.74) is 1.56. The summed E-state index contributed by atoms with van der Waals surface area (Å²) in [4.78, 5) is 0. The van der Waals surface area contributed by atoms with Crippen molar-refractivity contribution in [3.63, 3.8) is 0 Å². The molecule has 0 aliphatic rings. The van der Waals surface area contributed by atoms with E-state index in [2.05, 4.69) is 17.9 Å². The molecule has 1 heterocycles. The van der Waals surface area contributed by atoms with Gasteiger partial charge in [0.25, 0.3) is 0 Å². The molecule has 27 heavy (non-hydrogen) atoms. The van der Waals surface area contributed by atoms with Crippen molar-refractivity contribution in [1.29, 1.82) is 0 Å². The number of hydrogen-bond acceptors (Lipinski definition) is 1. The molecular weight excluding hydrogens is 507 g/mol. The first-order valence-corrected chi connectivity index (χ1v) is 17.4. The Morgan fingerprint density at radius 2 is 1.70 bits per heavy atom. The van der Waals surface area contributed by atoms with Crippen molar-refractivity contribution >= 4 is 49.5 Å². The van der Waals surface area contributed by atoms with Gasteiger partial charge in [-0.25, -0.2) is 0 Å². The summed E-state index contributed by atoms with van der Waals surface area (Å²) in [7, 11) is 19.0. The molecule has 3 nitrogen and oxygen atoms in total. The van der Waals surface area contributed by atoms with Crippen LogP contribution in [-0.2, 0) is 18.2 Å². The molecule has 3 aromatic rings. The van der Waals surface area contributed by atoms with Gasteiger partial charge >= 0.3 is 43.7 Å². The standard InChI is InChI=1S/C19H16ClNO2.3ClH.Zr/c1-21(17-8-3-4-9-18(17)22)13-16-10-11-19(23(16)2)14-6-5-7-15(20)12-14;;;;/h3-13,22H,1-2H2;3*1H;/q;;;;+3/p-3. The number of nitrogens with zero attached hydrogens (tertiary/aromatic N) is 1. The fourth-order valence-corrected chi connectivity index (χ4v) is 2.56. The summed E-state index contributed by atoms with van der Waals surface area (Å²) >= 11 is 3.92. The first-order chi connectivity index (χ1) is 12.8. The zero-order chi connectivity index (χ0) is 20.0. The van der Waals surface area contributed by atoms with Gasteiger partial charge in [-0.2, -0.15) is 0 Å². The number of phenolic OH excluding ortho intramolecular Hbond substituents is 1. The minimum absolute atomic E-state index is 0.168. The van der Waals surface area contributed by atoms with Gasteiger partial charge in [-0.05, 0) is 24.3 Å². The molecule has 0 atom stereocenters. The normalized spacial score (nSPS) is 9.93. The molecule has 141 valence electrons. The van der Waals surface area contributed by atoms with Crippen LogP contribution in [0.25, 0.3) is 11.3 Å². The van der Waals surface area contributed by atoms with Gasteiger partial charge in [-0.15, -0.1) is 0 Å². The molecule has 0 aliphatic heterocycles. The van der Waals surface area contributed by atoms with E-state index in [-0.39, 0.29) is 5.75 Å². The average Bonchev–Trinajstić information content (AvgIpc) is 2.95. The van der Waals surface area contributed by atoms with Crippen molar-refractivity contribution in [2.24, 2.45) is 0 Å². The van der Waals surface area contributed by atoms with Crippen molar-refractivity contribution in [2.45, 2.75) is 0 Å². The predicted molar refractivity (Wildman–Crippen MR) is 111 cm³/mol. The van der Waals surface area contributed by atoms with Crippen LogP contribution in [0.1, 0.15) is 5.76 Å². The monoisotopic (exact) mass is 520 g/mol. The molecule has 1 N–H and O–H groups in total. The number of rotatable bonds is 4. The third-order valence-electron chi connectivity index (χ3n) is 3.53. The zero-order valence-electron chi connectivity index (χ0n) is 14.1. The molecule has 0 amide bonds. The third kappa shape index (κ3) is 6.52. The molecule has 0 bridgehead atoms. The second-order valence-electron chi connectivity index (χ2n) is 5.30. The van der Waals surface area contributed by atoms with Crippen molar-refractivity contribution < 1.29 is 31.9 Å². The summed E-state index contributed by atoms with van der Waals surface area (Å²) in [6.45, 7) is 5.72. The van der Waals surface area contributed by atoms with Crippen LogP contribution in [0.2, 0.25) is 5.02 Å². The fraction of sp³-hybridized carbons (Fsp3) is 0. The molecule has 0 fully saturated rings. The van der Waals surface area contributed by atoms with Gasteiger partial charge in [-0.1, -0.05) is 48.0 Å². The SMILES string of the molecule is C=[N+]([CH-]c1ccc(-c2cccc(Cl)c2)[o+]1[CH2-])c1ccccc1O.[Cl][Zr]([Cl])[Cl]. The molecule has 3 rings (SSSR count). The maximum atomic E-state index is 9.90. The van der Waals surface area contributed by atoms with E-state index in [9.17, 15) is 5.11 Å². The quantitative estimate of drug-likeness (QED) is 0.166. The average molecular weight is 523 g/mol. The van der Waals surface area contributed by atoms with Crippen LogP contribution in [0.3, 0.4) is 0 Å². The van der Waals surface area contributed by atoms with E-state index in [1.54, 1.807) is 29.3 Å². The summed E-state index contributed by atoms with van der Waals surface area (Å²) in [5, 5.41) is 10.6. The van der Waals surface area contributed by atoms with E-state index in [1.165, 1.54) is 0 Å². The maximum absolute atomic E-state index is 9.90. The van der Waals surface area contributed by atoms with Crippen molar-refractivity contribution in [1.82, 2.24) is 0 Å². The molecule has 0 saturated heterocycles. The van der Waals surface area contributed by atoms with Gasteiger partial charge in [0.05, 0.1) is 13.8 Å². The van der Waals surface area contributed by atoms with Gasteiger partial charge < -0.3 is 9.15 Å². The topological polar surface area (TPSA) is 25.9 Å². The molecule has 2 aromatic carbocycles. The van der Waals surface area contributed by atoms with Gasteiger partial charge in [-0.3, -0.25) is 4.58 Å². The molecule has 8 heteroatoms. The van der Waals surface area contributed by atoms with E-state index in [1.807, 2.05) is 42.5 Å². The Bertz CT molecular complexity index is 925. The van der Waals surface area contributed by atoms with Gasteiger partial charge in [0, 0.05) is 10.6 Å². The summed E-state index contributed by atoms with van der Waals surface area (Å²) in [6, 6.07) is 18.4. The Kier molecular flexibility index (Phi) is 8.66. The Balaban J connectivity index is 0.000000596. The van der Waals surface area contributed by atoms with Crippen molar-refractivity contribution in [3.05, 3.63) is 85.1 Å². The van der Waals surface area contributed by atoms with Gasteiger partial charge in [0.15, 0.2) is 11.4 Å². The molecule has 0 spiro atoms. The summed E-state index contributed by atoms with van der Waals surface area (Å²) in [6.07, 6.45) is 0. The number of phenols is 1. The van der Waals surface area contributed by atoms with E-state index >= 15 is 0 Å². The number of halogens is 4. The second-order valence-corrected chi connectivity index (χ2v) is 16.9. The van der Waals surface area contributed by atoms with Crippen LogP contribution < -0.4 is 0 Å². The van der Waals surface area contributed by atoms with E-state index in [0.29, 0.717) is 10.7 Å². The van der Waals surface area contributed by atoms with Crippen LogP contribution >= 0.6 is 37.1 Å². The van der Waals surface area contributed by atoms with Gasteiger partial charge in [0.2, 0.25) is 0 Å². The Labute approximate surface area is 182 Å². The molecular formula is C19H16Cl4NO2Zr. The van der Waals surface area contributed by atoms with Gasteiger partial charge in [0.1, 0.15) is 18.1 Å². The summed E-state index contributed by atoms with van der Waals surface area (Å²) < 4.78 is 4.32. The fourth-order valence-electron chi connectivity index (χ4n) is 2.37. The van der Waals surface area contributed by atoms with Crippen LogP contribution in [-0.4, -0.2) is 16.4 Å². The minimum atomic E-state index is -2.13. The van der Waals surface area contributed by atoms with E-state index in [0.717, 1.165) is 17.1 Å². The predicted octanol–water partition coefficient (Wildman–Crippen LogP) is 7.25. The van der Waals surface area contributed by atoms with E-state index in [4.69, 9.17) is 37.1 Å². The van der Waals surface area contributed by atoms with Crippen molar-refractivity contribution in [2.75, 3.05) is 0 Å². The Hall–Kier alpha value is -1.03. The number of hydrogen-bond donors (Lipinski definition) is 1. The first kappa shape index (κ1) is 22.3. The van der Waals surface area contributed by atoms with Crippen LogP contribution in [0.15, 0.2) is 64.7 Å². The Morgan fingerprint density at radius 3 is 2.33 bits per heavy atom. The molecule has 0 aliphatic carbocycles.